The topological polar surface area (TPSA) is 24.1 Å². The van der Waals surface area contributed by atoms with Gasteiger partial charge in [0.1, 0.15) is 0 Å². The van der Waals surface area contributed by atoms with Gasteiger partial charge in [-0.25, -0.2) is 0 Å². The van der Waals surface area contributed by atoms with Crippen LogP contribution in [0, 0.1) is 0 Å². The maximum absolute atomic E-state index is 4.43. The van der Waals surface area contributed by atoms with E-state index in [4.69, 9.17) is 0 Å². The number of fused-ring (bicyclic) bond motifs is 14. The van der Waals surface area contributed by atoms with Crippen LogP contribution in [0.5, 0.6) is 0 Å². The lowest BCUT2D eigenvalue weighted by molar-refractivity contribution is 0.348. The van der Waals surface area contributed by atoms with Gasteiger partial charge in [-0.1, -0.05) is 158 Å². The van der Waals surface area contributed by atoms with Gasteiger partial charge in [0.15, 0.2) is 0 Å². The number of rotatable bonds is 4. The van der Waals surface area contributed by atoms with Gasteiger partial charge in [0.25, 0.3) is 0 Å². The molecule has 0 aromatic heterocycles. The molecule has 4 heteroatoms. The first-order valence-electron chi connectivity index (χ1n) is 19.8. The second kappa shape index (κ2) is 13.7. The summed E-state index contributed by atoms with van der Waals surface area (Å²) in [5, 5.41) is 19.7. The minimum atomic E-state index is -0.467. The van der Waals surface area contributed by atoms with E-state index in [1.165, 1.54) is 113 Å². The van der Waals surface area contributed by atoms with E-state index < -0.39 is 16.1 Å². The van der Waals surface area contributed by atoms with Gasteiger partial charge in [-0.05, 0) is 117 Å². The van der Waals surface area contributed by atoms with Crippen molar-refractivity contribution in [1.29, 1.82) is 0 Å². The smallest absolute Gasteiger partial charge is 0.0260 e. The van der Waals surface area contributed by atoms with Crippen molar-refractivity contribution >= 4 is 59.2 Å². The van der Waals surface area contributed by atoms with Crippen molar-refractivity contribution in [3.05, 3.63) is 168 Å². The highest BCUT2D eigenvalue weighted by atomic mass is 31.1. The lowest BCUT2D eigenvalue weighted by atomic mass is 9.88. The molecule has 1 saturated carbocycles. The first-order chi connectivity index (χ1) is 26.7. The molecule has 1 aliphatic carbocycles. The van der Waals surface area contributed by atoms with Crippen LogP contribution in [-0.4, -0.2) is 12.1 Å². The third-order valence-electron chi connectivity index (χ3n) is 12.5. The largest absolute Gasteiger partial charge is 0.291 e. The Balaban J connectivity index is 0.945. The fourth-order valence-electron chi connectivity index (χ4n) is 10.0. The number of hydrogen-bond acceptors (Lipinski definition) is 2. The predicted molar refractivity (Wildman–Crippen MR) is 235 cm³/mol. The van der Waals surface area contributed by atoms with Gasteiger partial charge < -0.3 is 0 Å². The summed E-state index contributed by atoms with van der Waals surface area (Å²) in [4.78, 5) is 0. The molecule has 0 unspecified atom stereocenters. The number of nitrogens with one attached hydrogen (secondary N) is 2. The minimum absolute atomic E-state index is 0.467. The maximum atomic E-state index is 4.43. The van der Waals surface area contributed by atoms with Gasteiger partial charge in [-0.3, -0.25) is 10.2 Å². The van der Waals surface area contributed by atoms with Gasteiger partial charge in [0, 0.05) is 36.7 Å². The van der Waals surface area contributed by atoms with Crippen LogP contribution in [-0.2, 0) is 24.6 Å². The molecule has 0 spiro atoms. The van der Waals surface area contributed by atoms with E-state index in [0.29, 0.717) is 12.1 Å². The first-order valence-corrected chi connectivity index (χ1v) is 23.2. The van der Waals surface area contributed by atoms with Crippen molar-refractivity contribution in [2.75, 3.05) is 0 Å². The fraction of sp³-hybridized carbons (Fsp3) is 0.200. The molecule has 1 fully saturated rings. The van der Waals surface area contributed by atoms with Crippen LogP contribution < -0.4 is 10.2 Å². The Morgan fingerprint density at radius 2 is 0.611 bits per heavy atom. The zero-order chi connectivity index (χ0) is 35.6. The molecular formula is C50H44N2P2. The standard InChI is InChI=1S/C50H44N2P2/c1-5-15-41-33(11-1)21-25-37-29-53(30-38-26-22-34-12-2-6-16-42(34)48(38)47(37)41)51-45-19-9-10-20-46(45)52-54-31-39-27-23-35-13-3-7-17-43(35)49(39)50-40(32-54)28-24-36-14-4-8-18-44(36)50/h1-8,11-18,21-28,45-46,51-52H,9-10,19-20,29-32H2/t45-,46-/m0/s1. The highest BCUT2D eigenvalue weighted by Crippen LogP contribution is 2.54. The zero-order valence-corrected chi connectivity index (χ0v) is 32.4. The third-order valence-corrected chi connectivity index (χ3v) is 16.8. The summed E-state index contributed by atoms with van der Waals surface area (Å²) in [6, 6.07) is 56.3. The molecule has 2 nitrogen and oxygen atoms in total. The molecule has 8 aromatic rings. The third kappa shape index (κ3) is 5.70. The van der Waals surface area contributed by atoms with E-state index in [1.807, 2.05) is 0 Å². The van der Waals surface area contributed by atoms with E-state index in [1.54, 1.807) is 0 Å². The summed E-state index contributed by atoms with van der Waals surface area (Å²) in [6.07, 6.45) is 9.55. The molecule has 8 aromatic carbocycles. The molecular weight excluding hydrogens is 691 g/mol. The summed E-state index contributed by atoms with van der Waals surface area (Å²) in [5.41, 5.74) is 11.9. The Hall–Kier alpha value is -4.42. The van der Waals surface area contributed by atoms with E-state index in [-0.39, 0.29) is 0 Å². The summed E-state index contributed by atoms with van der Waals surface area (Å²) in [5.74, 6) is 0. The van der Waals surface area contributed by atoms with Crippen LogP contribution in [0.1, 0.15) is 47.9 Å². The Bertz CT molecular complexity index is 2370. The van der Waals surface area contributed by atoms with Crippen molar-refractivity contribution in [2.45, 2.75) is 62.4 Å². The summed E-state index contributed by atoms with van der Waals surface area (Å²) in [7, 11) is -0.935. The molecule has 0 amide bonds. The highest BCUT2D eigenvalue weighted by molar-refractivity contribution is 7.54. The molecule has 2 atom stereocenters. The Labute approximate surface area is 320 Å². The Morgan fingerprint density at radius 3 is 0.907 bits per heavy atom. The first kappa shape index (κ1) is 33.0. The van der Waals surface area contributed by atoms with Crippen LogP contribution >= 0.6 is 16.1 Å². The molecule has 54 heavy (non-hydrogen) atoms. The molecule has 11 rings (SSSR count). The van der Waals surface area contributed by atoms with Gasteiger partial charge in [0.2, 0.25) is 0 Å². The van der Waals surface area contributed by atoms with E-state index in [2.05, 4.69) is 156 Å². The SMILES string of the molecule is c1ccc2c3c(ccc2c1)CP(N[C@H]1CCCC[C@@H]1NP1Cc2ccc4ccccc4c2-c2c(ccc4ccccc24)C1)Cc1ccc2ccccc2c1-3. The van der Waals surface area contributed by atoms with E-state index >= 15 is 0 Å². The number of hydrogen-bond donors (Lipinski definition) is 2. The maximum Gasteiger partial charge on any atom is 0.0260 e. The van der Waals surface area contributed by atoms with Crippen LogP contribution in [0.25, 0.3) is 65.3 Å². The second-order valence-electron chi connectivity index (χ2n) is 15.8. The number of benzene rings is 8. The van der Waals surface area contributed by atoms with Gasteiger partial charge in [0.05, 0.1) is 0 Å². The lowest BCUT2D eigenvalue weighted by Crippen LogP contribution is -2.46. The van der Waals surface area contributed by atoms with E-state index in [9.17, 15) is 0 Å². The van der Waals surface area contributed by atoms with Crippen LogP contribution in [0.2, 0.25) is 0 Å². The van der Waals surface area contributed by atoms with Gasteiger partial charge >= 0.3 is 0 Å². The molecule has 2 N–H and O–H groups in total. The molecule has 2 aliphatic heterocycles. The van der Waals surface area contributed by atoms with Crippen LogP contribution in [0.4, 0.5) is 0 Å². The van der Waals surface area contributed by atoms with Crippen molar-refractivity contribution in [3.63, 3.8) is 0 Å². The van der Waals surface area contributed by atoms with E-state index in [0.717, 1.165) is 24.6 Å². The van der Waals surface area contributed by atoms with Crippen molar-refractivity contribution < 1.29 is 0 Å². The van der Waals surface area contributed by atoms with Crippen LogP contribution in [0.3, 0.4) is 0 Å². The lowest BCUT2D eigenvalue weighted by Gasteiger charge is -2.38. The molecule has 264 valence electrons. The zero-order valence-electron chi connectivity index (χ0n) is 30.6. The quantitative estimate of drug-likeness (QED) is 0.176. The average Bonchev–Trinajstić information content (AvgIpc) is 3.49. The van der Waals surface area contributed by atoms with Crippen molar-refractivity contribution in [3.8, 4) is 22.3 Å². The summed E-state index contributed by atoms with van der Waals surface area (Å²) >= 11 is 0. The second-order valence-corrected chi connectivity index (χ2v) is 19.7. The Kier molecular flexibility index (Phi) is 8.37. The molecule has 3 aliphatic rings. The molecule has 0 saturated heterocycles. The van der Waals surface area contributed by atoms with Crippen molar-refractivity contribution in [1.82, 2.24) is 10.2 Å². The summed E-state index contributed by atoms with van der Waals surface area (Å²) < 4.78 is 0. The molecule has 0 bridgehead atoms. The monoisotopic (exact) mass is 734 g/mol. The van der Waals surface area contributed by atoms with Crippen LogP contribution in [0.15, 0.2) is 146 Å². The normalized spacial score (nSPS) is 18.9. The van der Waals surface area contributed by atoms with Gasteiger partial charge in [-0.15, -0.1) is 0 Å². The molecule has 2 heterocycles. The Morgan fingerprint density at radius 1 is 0.333 bits per heavy atom. The fourth-order valence-corrected chi connectivity index (χ4v) is 14.8. The highest BCUT2D eigenvalue weighted by Gasteiger charge is 2.33. The van der Waals surface area contributed by atoms with Crippen molar-refractivity contribution in [2.24, 2.45) is 0 Å². The molecule has 0 radical (unpaired) electrons. The average molecular weight is 735 g/mol. The summed E-state index contributed by atoms with van der Waals surface area (Å²) in [6.45, 7) is 0. The van der Waals surface area contributed by atoms with Gasteiger partial charge in [-0.2, -0.15) is 0 Å². The minimum Gasteiger partial charge on any atom is -0.291 e. The predicted octanol–water partition coefficient (Wildman–Crippen LogP) is 13.6.